The molecule has 0 aliphatic rings. The fourth-order valence-electron chi connectivity index (χ4n) is 0.852. The molecule has 0 N–H and O–H groups in total. The van der Waals surface area contributed by atoms with Gasteiger partial charge >= 0.3 is 0 Å². The molecular formula is C9H11IS2. The molecule has 0 saturated carbocycles. The minimum Gasteiger partial charge on any atom is -1.00 e. The van der Waals surface area contributed by atoms with Gasteiger partial charge in [0.25, 0.3) is 0 Å². The van der Waals surface area contributed by atoms with Crippen LogP contribution in [0.15, 0.2) is 35.2 Å². The summed E-state index contributed by atoms with van der Waals surface area (Å²) in [5.74, 6) is 0. The van der Waals surface area contributed by atoms with Gasteiger partial charge in [0, 0.05) is 6.07 Å². The van der Waals surface area contributed by atoms with Gasteiger partial charge in [0.15, 0.2) is 17.6 Å². The summed E-state index contributed by atoms with van der Waals surface area (Å²) in [7, 11) is 0. The molecule has 0 radical (unpaired) electrons. The summed E-state index contributed by atoms with van der Waals surface area (Å²) in [6, 6.07) is 10.5. The van der Waals surface area contributed by atoms with Gasteiger partial charge < -0.3 is 24.0 Å². The van der Waals surface area contributed by atoms with Crippen molar-refractivity contribution in [2.45, 2.75) is 4.90 Å². The van der Waals surface area contributed by atoms with Gasteiger partial charge in [0.05, 0.1) is 4.90 Å². The molecule has 0 spiro atoms. The lowest BCUT2D eigenvalue weighted by molar-refractivity contribution is -0.00000222. The molecule has 1 aromatic carbocycles. The quantitative estimate of drug-likeness (QED) is 0.296. The van der Waals surface area contributed by atoms with Crippen molar-refractivity contribution in [2.24, 2.45) is 0 Å². The molecule has 0 heterocycles. The average molecular weight is 310 g/mol. The fraction of sp³-hybridized carbons (Fsp3) is 0.222. The van der Waals surface area contributed by atoms with Crippen LogP contribution in [0.5, 0.6) is 0 Å². The number of halogens is 1. The maximum atomic E-state index is 2.15. The Morgan fingerprint density at radius 2 is 1.83 bits per heavy atom. The highest BCUT2D eigenvalue weighted by Crippen LogP contribution is 2.13. The molecule has 1 rings (SSSR count). The van der Waals surface area contributed by atoms with Gasteiger partial charge in [0.1, 0.15) is 0 Å². The van der Waals surface area contributed by atoms with E-state index in [1.807, 2.05) is 0 Å². The van der Waals surface area contributed by atoms with E-state index in [1.54, 1.807) is 23.1 Å². The highest BCUT2D eigenvalue weighted by molar-refractivity contribution is 7.98. The van der Waals surface area contributed by atoms with Crippen LogP contribution in [0.4, 0.5) is 0 Å². The molecule has 0 amide bonds. The highest BCUT2D eigenvalue weighted by atomic mass is 127. The second-order valence-electron chi connectivity index (χ2n) is 2.05. The minimum absolute atomic E-state index is 0. The Kier molecular flexibility index (Phi) is 7.08. The van der Waals surface area contributed by atoms with Crippen molar-refractivity contribution in [3.8, 4) is 0 Å². The number of thioether (sulfide) groups is 1. The largest absolute Gasteiger partial charge is 1.00 e. The van der Waals surface area contributed by atoms with Crippen LogP contribution in [0.1, 0.15) is 0 Å². The van der Waals surface area contributed by atoms with Gasteiger partial charge in [0.2, 0.25) is 4.51 Å². The predicted octanol–water partition coefficient (Wildman–Crippen LogP) is -0.343. The zero-order valence-electron chi connectivity index (χ0n) is 7.08. The van der Waals surface area contributed by atoms with Gasteiger partial charge in [-0.1, -0.05) is 18.2 Å². The molecule has 0 atom stereocenters. The lowest BCUT2D eigenvalue weighted by Crippen LogP contribution is -3.00. The third kappa shape index (κ3) is 3.41. The van der Waals surface area contributed by atoms with Crippen LogP contribution in [-0.4, -0.2) is 12.5 Å². The Morgan fingerprint density at radius 3 is 2.42 bits per heavy atom. The monoisotopic (exact) mass is 310 g/mol. The first-order chi connectivity index (χ1) is 5.38. The van der Waals surface area contributed by atoms with Crippen LogP contribution in [0, 0.1) is 4.51 Å². The van der Waals surface area contributed by atoms with Crippen molar-refractivity contribution in [2.75, 3.05) is 12.5 Å². The van der Waals surface area contributed by atoms with E-state index < -0.39 is 0 Å². The van der Waals surface area contributed by atoms with E-state index >= 15 is 0 Å². The van der Waals surface area contributed by atoms with E-state index in [-0.39, 0.29) is 24.0 Å². The van der Waals surface area contributed by atoms with E-state index in [0.717, 1.165) is 0 Å². The number of hydrogen-bond donors (Lipinski definition) is 0. The van der Waals surface area contributed by atoms with E-state index in [4.69, 9.17) is 0 Å². The summed E-state index contributed by atoms with van der Waals surface area (Å²) in [6.07, 6.45) is 4.21. The van der Waals surface area contributed by atoms with E-state index in [9.17, 15) is 0 Å². The summed E-state index contributed by atoms with van der Waals surface area (Å²) < 4.78 is 1.35. The zero-order chi connectivity index (χ0) is 8.10. The molecular weight excluding hydrogens is 299 g/mol. The van der Waals surface area contributed by atoms with Crippen molar-refractivity contribution in [3.63, 3.8) is 0 Å². The zero-order valence-corrected chi connectivity index (χ0v) is 10.9. The Morgan fingerprint density at radius 1 is 1.17 bits per heavy atom. The van der Waals surface area contributed by atoms with Crippen LogP contribution >= 0.6 is 11.8 Å². The maximum absolute atomic E-state index is 2.15. The fourth-order valence-corrected chi connectivity index (χ4v) is 2.32. The molecule has 0 saturated heterocycles. The van der Waals surface area contributed by atoms with Crippen LogP contribution in [0.3, 0.4) is 0 Å². The van der Waals surface area contributed by atoms with E-state index in [0.29, 0.717) is 0 Å². The number of rotatable bonds is 1. The predicted molar refractivity (Wildman–Crippen MR) is 54.8 cm³/mol. The second-order valence-corrected chi connectivity index (χ2v) is 3.74. The molecule has 0 nitrogen and oxygen atoms in total. The lowest BCUT2D eigenvalue weighted by atomic mass is 10.5. The van der Waals surface area contributed by atoms with Crippen LogP contribution in [0.25, 0.3) is 0 Å². The molecule has 0 unspecified atom stereocenters. The maximum Gasteiger partial charge on any atom is 0.237 e. The third-order valence-corrected chi connectivity index (χ3v) is 3.12. The first kappa shape index (κ1) is 12.4. The third-order valence-electron chi connectivity index (χ3n) is 1.40. The average Bonchev–Trinajstić information content (AvgIpc) is 2.27. The summed E-state index contributed by atoms with van der Waals surface area (Å²) >= 11 is 3.58. The van der Waals surface area contributed by atoms with Crippen LogP contribution < -0.4 is 24.0 Å². The smallest absolute Gasteiger partial charge is 0.237 e. The molecule has 12 heavy (non-hydrogen) atoms. The molecule has 0 bridgehead atoms. The Hall–Kier alpha value is 0.390. The normalized spacial score (nSPS) is 10.7. The summed E-state index contributed by atoms with van der Waals surface area (Å²) in [4.78, 5) is 1.35. The van der Waals surface area contributed by atoms with Gasteiger partial charge in [-0.15, -0.1) is 11.8 Å². The van der Waals surface area contributed by atoms with Crippen LogP contribution in [0.2, 0.25) is 0 Å². The summed E-state index contributed by atoms with van der Waals surface area (Å²) in [6.45, 7) is 0. The first-order valence-corrected chi connectivity index (χ1v) is 5.83. The van der Waals surface area contributed by atoms with E-state index in [1.165, 1.54) is 9.41 Å². The molecule has 0 aliphatic carbocycles. The molecule has 3 heteroatoms. The molecule has 0 aromatic heterocycles. The van der Waals surface area contributed by atoms with Crippen LogP contribution in [-0.2, 0) is 11.4 Å². The van der Waals surface area contributed by atoms with Gasteiger partial charge in [-0.05, 0) is 12.3 Å². The molecule has 0 aliphatic heterocycles. The standard InChI is InChI=1S/C9H11S2.HI/c1-10-8-6-4-3-5-7-9(8)11-2;/h3-7H,1-2H3;1H/q+1;/p-1. The first-order valence-electron chi connectivity index (χ1n) is 3.39. The SMILES string of the molecule is CSc1cccccc1=[S+]C.[I-]. The Labute approximate surface area is 98.8 Å². The minimum atomic E-state index is 0. The van der Waals surface area contributed by atoms with Gasteiger partial charge in [-0.25, -0.2) is 0 Å². The molecule has 0 fully saturated rings. The summed E-state index contributed by atoms with van der Waals surface area (Å²) in [5, 5.41) is 0. The van der Waals surface area contributed by atoms with Gasteiger partial charge in [-0.2, -0.15) is 0 Å². The van der Waals surface area contributed by atoms with Crippen molar-refractivity contribution in [1.82, 2.24) is 0 Å². The lowest BCUT2D eigenvalue weighted by Gasteiger charge is -1.82. The topological polar surface area (TPSA) is 0 Å². The van der Waals surface area contributed by atoms with E-state index in [2.05, 4.69) is 42.8 Å². The van der Waals surface area contributed by atoms with Gasteiger partial charge in [-0.3, -0.25) is 0 Å². The highest BCUT2D eigenvalue weighted by Gasteiger charge is 1.96. The Bertz CT molecular complexity index is 296. The molecule has 66 valence electrons. The molecule has 1 aromatic rings. The second kappa shape index (κ2) is 6.86. The van der Waals surface area contributed by atoms with Crippen molar-refractivity contribution < 1.29 is 24.0 Å². The van der Waals surface area contributed by atoms with Crippen molar-refractivity contribution in [1.29, 1.82) is 0 Å². The van der Waals surface area contributed by atoms with Crippen molar-refractivity contribution >= 4 is 23.1 Å². The number of hydrogen-bond acceptors (Lipinski definition) is 1. The Balaban J connectivity index is 0.00000121. The summed E-state index contributed by atoms with van der Waals surface area (Å²) in [5.41, 5.74) is 0. The van der Waals surface area contributed by atoms with Crippen molar-refractivity contribution in [3.05, 3.63) is 34.8 Å².